The average Bonchev–Trinajstić information content (AvgIpc) is 2.39. The molecule has 0 radical (unpaired) electrons. The number of methoxy groups -OCH3 is 2. The van der Waals surface area contributed by atoms with Gasteiger partial charge in [0.25, 0.3) is 0 Å². The number of benzene rings is 1. The summed E-state index contributed by atoms with van der Waals surface area (Å²) in [5.74, 6) is 1.51. The molecule has 0 saturated carbocycles. The molecule has 1 atom stereocenters. The van der Waals surface area contributed by atoms with Gasteiger partial charge in [-0.25, -0.2) is 0 Å². The standard InChI is InChI=1S/C14H24N2O3/c1-16(10-12(15)11-17-2)8-9-19-14-7-5-4-6-13(14)18-3/h4-7,12H,8-11,15H2,1-3H3. The number of nitrogens with two attached hydrogens (primary N) is 1. The van der Waals surface area contributed by atoms with E-state index in [4.69, 9.17) is 19.9 Å². The van der Waals surface area contributed by atoms with Crippen LogP contribution in [0.25, 0.3) is 0 Å². The first-order valence-corrected chi connectivity index (χ1v) is 6.36. The molecule has 0 saturated heterocycles. The van der Waals surface area contributed by atoms with E-state index in [-0.39, 0.29) is 6.04 Å². The first kappa shape index (κ1) is 15.8. The van der Waals surface area contributed by atoms with E-state index >= 15 is 0 Å². The molecule has 1 rings (SSSR count). The molecule has 0 spiro atoms. The second-order valence-electron chi connectivity index (χ2n) is 4.48. The van der Waals surface area contributed by atoms with Crippen molar-refractivity contribution in [2.45, 2.75) is 6.04 Å². The summed E-state index contributed by atoms with van der Waals surface area (Å²) in [5.41, 5.74) is 5.89. The van der Waals surface area contributed by atoms with Gasteiger partial charge in [-0.15, -0.1) is 0 Å². The molecule has 19 heavy (non-hydrogen) atoms. The molecule has 1 aromatic carbocycles. The Labute approximate surface area is 115 Å². The molecule has 0 aliphatic carbocycles. The summed E-state index contributed by atoms with van der Waals surface area (Å²) in [6, 6.07) is 7.65. The highest BCUT2D eigenvalue weighted by atomic mass is 16.5. The van der Waals surface area contributed by atoms with Crippen LogP contribution in [0.3, 0.4) is 0 Å². The zero-order chi connectivity index (χ0) is 14.1. The van der Waals surface area contributed by atoms with E-state index in [1.165, 1.54) is 0 Å². The fourth-order valence-corrected chi connectivity index (χ4v) is 1.81. The second kappa shape index (κ2) is 8.74. The number of hydrogen-bond donors (Lipinski definition) is 1. The number of nitrogens with zero attached hydrogens (tertiary/aromatic N) is 1. The van der Waals surface area contributed by atoms with Gasteiger partial charge in [0.15, 0.2) is 11.5 Å². The number of hydrogen-bond acceptors (Lipinski definition) is 5. The van der Waals surface area contributed by atoms with Crippen LogP contribution >= 0.6 is 0 Å². The van der Waals surface area contributed by atoms with Crippen LogP contribution in [0.5, 0.6) is 11.5 Å². The predicted octanol–water partition coefficient (Wildman–Crippen LogP) is 0.980. The van der Waals surface area contributed by atoms with Gasteiger partial charge in [-0.05, 0) is 19.2 Å². The van der Waals surface area contributed by atoms with Crippen LogP contribution in [-0.2, 0) is 4.74 Å². The zero-order valence-electron chi connectivity index (χ0n) is 12.0. The Kier molecular flexibility index (Phi) is 7.25. The molecule has 0 heterocycles. The lowest BCUT2D eigenvalue weighted by Gasteiger charge is -2.21. The molecule has 0 aliphatic heterocycles. The van der Waals surface area contributed by atoms with Crippen molar-refractivity contribution in [3.63, 3.8) is 0 Å². The molecular formula is C14H24N2O3. The second-order valence-corrected chi connectivity index (χ2v) is 4.48. The summed E-state index contributed by atoms with van der Waals surface area (Å²) >= 11 is 0. The van der Waals surface area contributed by atoms with E-state index < -0.39 is 0 Å². The van der Waals surface area contributed by atoms with Gasteiger partial charge in [-0.1, -0.05) is 12.1 Å². The molecular weight excluding hydrogens is 244 g/mol. The fraction of sp³-hybridized carbons (Fsp3) is 0.571. The Morgan fingerprint density at radius 3 is 2.53 bits per heavy atom. The number of likely N-dealkylation sites (N-methyl/N-ethyl adjacent to an activating group) is 1. The van der Waals surface area contributed by atoms with Gasteiger partial charge < -0.3 is 24.8 Å². The molecule has 5 heteroatoms. The maximum absolute atomic E-state index is 5.89. The van der Waals surface area contributed by atoms with Crippen LogP contribution in [0.4, 0.5) is 0 Å². The van der Waals surface area contributed by atoms with Gasteiger partial charge in [0, 0.05) is 26.2 Å². The fourth-order valence-electron chi connectivity index (χ4n) is 1.81. The highest BCUT2D eigenvalue weighted by Gasteiger charge is 2.07. The van der Waals surface area contributed by atoms with Crippen molar-refractivity contribution in [1.82, 2.24) is 4.90 Å². The van der Waals surface area contributed by atoms with Gasteiger partial charge in [0.05, 0.1) is 13.7 Å². The minimum atomic E-state index is 0.0289. The van der Waals surface area contributed by atoms with Gasteiger partial charge in [-0.2, -0.15) is 0 Å². The van der Waals surface area contributed by atoms with Crippen molar-refractivity contribution in [3.8, 4) is 11.5 Å². The summed E-state index contributed by atoms with van der Waals surface area (Å²) in [4.78, 5) is 2.12. The third-order valence-electron chi connectivity index (χ3n) is 2.73. The molecule has 108 valence electrons. The average molecular weight is 268 g/mol. The summed E-state index contributed by atoms with van der Waals surface area (Å²) < 4.78 is 15.9. The summed E-state index contributed by atoms with van der Waals surface area (Å²) in [5, 5.41) is 0. The van der Waals surface area contributed by atoms with E-state index in [0.29, 0.717) is 13.2 Å². The Balaban J connectivity index is 2.29. The first-order valence-electron chi connectivity index (χ1n) is 6.36. The van der Waals surface area contributed by atoms with Crippen LogP contribution in [0.1, 0.15) is 0 Å². The molecule has 0 bridgehead atoms. The highest BCUT2D eigenvalue weighted by Crippen LogP contribution is 2.25. The monoisotopic (exact) mass is 268 g/mol. The molecule has 2 N–H and O–H groups in total. The SMILES string of the molecule is COCC(N)CN(C)CCOc1ccccc1OC. The zero-order valence-corrected chi connectivity index (χ0v) is 12.0. The maximum atomic E-state index is 5.89. The quantitative estimate of drug-likeness (QED) is 0.723. The minimum Gasteiger partial charge on any atom is -0.493 e. The van der Waals surface area contributed by atoms with Crippen molar-refractivity contribution in [3.05, 3.63) is 24.3 Å². The largest absolute Gasteiger partial charge is 0.493 e. The smallest absolute Gasteiger partial charge is 0.161 e. The van der Waals surface area contributed by atoms with Gasteiger partial charge in [0.2, 0.25) is 0 Å². The minimum absolute atomic E-state index is 0.0289. The Hall–Kier alpha value is -1.30. The Bertz CT molecular complexity index is 360. The molecule has 5 nitrogen and oxygen atoms in total. The lowest BCUT2D eigenvalue weighted by Crippen LogP contribution is -2.39. The summed E-state index contributed by atoms with van der Waals surface area (Å²) in [6.07, 6.45) is 0. The molecule has 1 unspecified atom stereocenters. The third-order valence-corrected chi connectivity index (χ3v) is 2.73. The van der Waals surface area contributed by atoms with Gasteiger partial charge in [0.1, 0.15) is 6.61 Å². The number of para-hydroxylation sites is 2. The van der Waals surface area contributed by atoms with E-state index in [1.54, 1.807) is 14.2 Å². The number of rotatable bonds is 9. The van der Waals surface area contributed by atoms with Crippen molar-refractivity contribution >= 4 is 0 Å². The van der Waals surface area contributed by atoms with Crippen LogP contribution in [0.2, 0.25) is 0 Å². The maximum Gasteiger partial charge on any atom is 0.161 e. The topological polar surface area (TPSA) is 57.0 Å². The molecule has 1 aromatic rings. The molecule has 0 aliphatic rings. The van der Waals surface area contributed by atoms with E-state index in [1.807, 2.05) is 31.3 Å². The van der Waals surface area contributed by atoms with Crippen molar-refractivity contribution in [1.29, 1.82) is 0 Å². The highest BCUT2D eigenvalue weighted by molar-refractivity contribution is 5.39. The third kappa shape index (κ3) is 5.92. The van der Waals surface area contributed by atoms with Crippen LogP contribution in [-0.4, -0.2) is 58.5 Å². The van der Waals surface area contributed by atoms with Crippen molar-refractivity contribution < 1.29 is 14.2 Å². The first-order chi connectivity index (χ1) is 9.17. The normalized spacial score (nSPS) is 12.5. The molecule has 0 fully saturated rings. The van der Waals surface area contributed by atoms with E-state index in [2.05, 4.69) is 4.90 Å². The van der Waals surface area contributed by atoms with Crippen molar-refractivity contribution in [2.75, 3.05) is 47.6 Å². The van der Waals surface area contributed by atoms with Gasteiger partial charge >= 0.3 is 0 Å². The Morgan fingerprint density at radius 2 is 1.89 bits per heavy atom. The lowest BCUT2D eigenvalue weighted by molar-refractivity contribution is 0.154. The summed E-state index contributed by atoms with van der Waals surface area (Å²) in [7, 11) is 5.31. The van der Waals surface area contributed by atoms with Crippen LogP contribution < -0.4 is 15.2 Å². The summed E-state index contributed by atoms with van der Waals surface area (Å²) in [6.45, 7) is 2.74. The van der Waals surface area contributed by atoms with E-state index in [0.717, 1.165) is 24.6 Å². The van der Waals surface area contributed by atoms with Crippen molar-refractivity contribution in [2.24, 2.45) is 5.73 Å². The Morgan fingerprint density at radius 1 is 1.21 bits per heavy atom. The lowest BCUT2D eigenvalue weighted by atomic mass is 10.3. The van der Waals surface area contributed by atoms with Crippen LogP contribution in [0, 0.1) is 0 Å². The van der Waals surface area contributed by atoms with E-state index in [9.17, 15) is 0 Å². The van der Waals surface area contributed by atoms with Gasteiger partial charge in [-0.3, -0.25) is 0 Å². The predicted molar refractivity (Wildman–Crippen MR) is 75.8 cm³/mol. The molecule has 0 amide bonds. The molecule has 0 aromatic heterocycles. The van der Waals surface area contributed by atoms with Crippen LogP contribution in [0.15, 0.2) is 24.3 Å². The number of ether oxygens (including phenoxy) is 3.